The lowest BCUT2D eigenvalue weighted by molar-refractivity contribution is -0.384. The molecule has 1 aromatic heterocycles. The molecule has 4 heterocycles. The first-order valence-corrected chi connectivity index (χ1v) is 10.7. The van der Waals surface area contributed by atoms with Gasteiger partial charge in [-0.05, 0) is 57.0 Å². The molecule has 174 valence electrons. The Morgan fingerprint density at radius 1 is 1.15 bits per heavy atom. The van der Waals surface area contributed by atoms with Crippen LogP contribution in [0.3, 0.4) is 0 Å². The van der Waals surface area contributed by atoms with Gasteiger partial charge in [0.1, 0.15) is 0 Å². The molecule has 12 nitrogen and oxygen atoms in total. The lowest BCUT2D eigenvalue weighted by Crippen LogP contribution is -2.57. The standard InChI is InChI=1S/C22H20N6O6/c1-12-8-15-9-19-20(32-11-31-19)10-18(15)22(16-4-6-17(7-5-16)28(29)30)27(14(3)25-34-22)26(12)21-23-13(2)24-33-21/h4-7,9-10,12H,8,11H2,1-3H3/t12-,22?/m1/s1. The molecule has 2 atom stereocenters. The number of non-ortho nitro benzene ring substituents is 1. The zero-order valence-corrected chi connectivity index (χ0v) is 18.6. The molecule has 3 aromatic rings. The monoisotopic (exact) mass is 464 g/mol. The van der Waals surface area contributed by atoms with Crippen LogP contribution in [0, 0.1) is 17.0 Å². The number of rotatable bonds is 3. The quantitative estimate of drug-likeness (QED) is 0.421. The molecule has 12 heteroatoms. The fraction of sp³-hybridized carbons (Fsp3) is 0.318. The number of oxime groups is 1. The minimum atomic E-state index is -1.30. The Morgan fingerprint density at radius 2 is 1.88 bits per heavy atom. The number of ether oxygens (including phenoxy) is 2. The van der Waals surface area contributed by atoms with Crippen molar-refractivity contribution in [2.75, 3.05) is 11.8 Å². The van der Waals surface area contributed by atoms with Gasteiger partial charge in [-0.3, -0.25) is 10.1 Å². The molecular formula is C22H20N6O6. The Bertz CT molecular complexity index is 1340. The molecule has 3 aliphatic heterocycles. The summed E-state index contributed by atoms with van der Waals surface area (Å²) in [4.78, 5) is 21.6. The largest absolute Gasteiger partial charge is 0.454 e. The molecule has 0 aliphatic carbocycles. The van der Waals surface area contributed by atoms with Crippen LogP contribution < -0.4 is 14.5 Å². The first-order valence-electron chi connectivity index (χ1n) is 10.7. The number of aryl methyl sites for hydroxylation is 1. The van der Waals surface area contributed by atoms with Crippen LogP contribution in [0.1, 0.15) is 36.4 Å². The van der Waals surface area contributed by atoms with E-state index in [1.807, 2.05) is 36.0 Å². The molecule has 34 heavy (non-hydrogen) atoms. The van der Waals surface area contributed by atoms with Crippen molar-refractivity contribution >= 4 is 17.5 Å². The van der Waals surface area contributed by atoms with Gasteiger partial charge in [0, 0.05) is 23.3 Å². The second kappa shape index (κ2) is 7.07. The van der Waals surface area contributed by atoms with E-state index in [-0.39, 0.29) is 24.5 Å². The first kappa shape index (κ1) is 20.3. The molecule has 0 saturated heterocycles. The Labute approximate surface area is 193 Å². The SMILES string of the molecule is CC1=NOC2(c3ccc([N+](=O)[O-])cc3)c3cc4c(cc3C[C@@H](C)N(c3nc(C)no3)N12)OCO4. The Morgan fingerprint density at radius 3 is 2.56 bits per heavy atom. The van der Waals surface area contributed by atoms with E-state index in [0.29, 0.717) is 35.1 Å². The first-order chi connectivity index (χ1) is 16.4. The lowest BCUT2D eigenvalue weighted by atomic mass is 9.88. The van der Waals surface area contributed by atoms with E-state index in [2.05, 4.69) is 15.3 Å². The molecule has 0 radical (unpaired) electrons. The lowest BCUT2D eigenvalue weighted by Gasteiger charge is -2.42. The maximum atomic E-state index is 11.3. The summed E-state index contributed by atoms with van der Waals surface area (Å²) in [6.45, 7) is 5.72. The molecule has 0 bridgehead atoms. The third-order valence-corrected chi connectivity index (χ3v) is 6.21. The van der Waals surface area contributed by atoms with Crippen LogP contribution in [0.5, 0.6) is 11.5 Å². The summed E-state index contributed by atoms with van der Waals surface area (Å²) in [5, 5.41) is 23.3. The van der Waals surface area contributed by atoms with E-state index in [0.717, 1.165) is 11.1 Å². The topological polar surface area (TPSA) is 129 Å². The van der Waals surface area contributed by atoms with Crippen molar-refractivity contribution in [3.05, 3.63) is 69.0 Å². The molecule has 2 aromatic carbocycles. The fourth-order valence-corrected chi connectivity index (χ4v) is 4.77. The molecule has 0 N–H and O–H groups in total. The summed E-state index contributed by atoms with van der Waals surface area (Å²) in [6.07, 6.45) is 0.593. The molecule has 1 unspecified atom stereocenters. The van der Waals surface area contributed by atoms with Gasteiger partial charge in [-0.15, -0.1) is 0 Å². The number of anilines is 1. The average Bonchev–Trinajstić information content (AvgIpc) is 3.52. The molecule has 0 fully saturated rings. The van der Waals surface area contributed by atoms with Crippen molar-refractivity contribution in [1.29, 1.82) is 0 Å². The van der Waals surface area contributed by atoms with Gasteiger partial charge in [0.05, 0.1) is 11.0 Å². The van der Waals surface area contributed by atoms with Crippen LogP contribution in [0.15, 0.2) is 46.1 Å². The van der Waals surface area contributed by atoms with Crippen LogP contribution in [0.4, 0.5) is 11.7 Å². The van der Waals surface area contributed by atoms with Gasteiger partial charge < -0.3 is 18.8 Å². The number of hydrogen-bond acceptors (Lipinski definition) is 11. The van der Waals surface area contributed by atoms with Crippen LogP contribution in [0.2, 0.25) is 0 Å². The average molecular weight is 464 g/mol. The molecule has 0 spiro atoms. The fourth-order valence-electron chi connectivity index (χ4n) is 4.77. The van der Waals surface area contributed by atoms with E-state index in [4.69, 9.17) is 18.8 Å². The highest BCUT2D eigenvalue weighted by atomic mass is 16.7. The van der Waals surface area contributed by atoms with Crippen LogP contribution >= 0.6 is 0 Å². The predicted molar refractivity (Wildman–Crippen MR) is 117 cm³/mol. The van der Waals surface area contributed by atoms with Crippen molar-refractivity contribution in [2.45, 2.75) is 39.0 Å². The maximum absolute atomic E-state index is 11.3. The Kier molecular flexibility index (Phi) is 4.22. The zero-order valence-electron chi connectivity index (χ0n) is 18.6. The molecule has 0 saturated carbocycles. The maximum Gasteiger partial charge on any atom is 0.343 e. The van der Waals surface area contributed by atoms with Crippen molar-refractivity contribution in [2.24, 2.45) is 5.16 Å². The van der Waals surface area contributed by atoms with Gasteiger partial charge in [0.2, 0.25) is 6.79 Å². The van der Waals surface area contributed by atoms with Gasteiger partial charge in [0.15, 0.2) is 23.2 Å². The number of hydrogen-bond donors (Lipinski definition) is 0. The van der Waals surface area contributed by atoms with Gasteiger partial charge >= 0.3 is 6.01 Å². The molecular weight excluding hydrogens is 444 g/mol. The number of nitro groups is 1. The highest BCUT2D eigenvalue weighted by Crippen LogP contribution is 2.50. The van der Waals surface area contributed by atoms with Crippen LogP contribution in [-0.4, -0.2) is 38.7 Å². The predicted octanol–water partition coefficient (Wildman–Crippen LogP) is 3.25. The van der Waals surface area contributed by atoms with E-state index in [1.54, 1.807) is 19.1 Å². The van der Waals surface area contributed by atoms with Crippen LogP contribution in [-0.2, 0) is 17.0 Å². The summed E-state index contributed by atoms with van der Waals surface area (Å²) in [7, 11) is 0. The minimum absolute atomic E-state index is 0.0281. The minimum Gasteiger partial charge on any atom is -0.454 e. The second-order valence-corrected chi connectivity index (χ2v) is 8.37. The van der Waals surface area contributed by atoms with Gasteiger partial charge in [-0.2, -0.15) is 4.98 Å². The third kappa shape index (κ3) is 2.74. The number of aromatic nitrogens is 2. The van der Waals surface area contributed by atoms with Crippen molar-refractivity contribution < 1.29 is 23.8 Å². The second-order valence-electron chi connectivity index (χ2n) is 8.37. The third-order valence-electron chi connectivity index (χ3n) is 6.21. The molecule has 6 rings (SSSR count). The number of fused-ring (bicyclic) bond motifs is 4. The summed E-state index contributed by atoms with van der Waals surface area (Å²) in [6, 6.07) is 10.2. The summed E-state index contributed by atoms with van der Waals surface area (Å²) in [5.74, 6) is 2.27. The highest BCUT2D eigenvalue weighted by Gasteiger charge is 2.56. The Hall–Kier alpha value is -4.35. The molecule has 0 amide bonds. The molecule has 3 aliphatic rings. The normalized spacial score (nSPS) is 22.6. The van der Waals surface area contributed by atoms with E-state index in [1.165, 1.54) is 12.1 Å². The van der Waals surface area contributed by atoms with Crippen LogP contribution in [0.25, 0.3) is 0 Å². The highest BCUT2D eigenvalue weighted by molar-refractivity contribution is 5.84. The van der Waals surface area contributed by atoms with Crippen molar-refractivity contribution in [1.82, 2.24) is 15.1 Å². The number of hydrazine groups is 1. The summed E-state index contributed by atoms with van der Waals surface area (Å²) >= 11 is 0. The summed E-state index contributed by atoms with van der Waals surface area (Å²) in [5.41, 5.74) is 1.03. The van der Waals surface area contributed by atoms with Gasteiger partial charge in [-0.25, -0.2) is 10.0 Å². The van der Waals surface area contributed by atoms with Gasteiger partial charge in [0.25, 0.3) is 11.4 Å². The van der Waals surface area contributed by atoms with Crippen molar-refractivity contribution in [3.63, 3.8) is 0 Å². The number of amidine groups is 1. The number of benzene rings is 2. The van der Waals surface area contributed by atoms with Gasteiger partial charge in [-0.1, -0.05) is 10.3 Å². The van der Waals surface area contributed by atoms with E-state index >= 15 is 0 Å². The van der Waals surface area contributed by atoms with E-state index < -0.39 is 10.6 Å². The zero-order chi connectivity index (χ0) is 23.6. The van der Waals surface area contributed by atoms with E-state index in [9.17, 15) is 10.1 Å². The van der Waals surface area contributed by atoms with Crippen molar-refractivity contribution in [3.8, 4) is 11.5 Å². The Balaban J connectivity index is 1.63. The summed E-state index contributed by atoms with van der Waals surface area (Å²) < 4.78 is 16.9. The number of nitro benzene ring substituents is 1. The smallest absolute Gasteiger partial charge is 0.343 e. The number of nitrogens with zero attached hydrogens (tertiary/aromatic N) is 6.